The van der Waals surface area contributed by atoms with Gasteiger partial charge in [-0.15, -0.1) is 11.3 Å². The number of hydrogen-bond donors (Lipinski definition) is 1. The molecule has 0 radical (unpaired) electrons. The zero-order valence-electron chi connectivity index (χ0n) is 11.9. The van der Waals surface area contributed by atoms with Crippen molar-refractivity contribution in [3.05, 3.63) is 22.4 Å². The quantitative estimate of drug-likeness (QED) is 0.875. The highest BCUT2D eigenvalue weighted by molar-refractivity contribution is 7.10. The number of nitrogens with zero attached hydrogens (tertiary/aromatic N) is 1. The second kappa shape index (κ2) is 6.18. The molecule has 0 aliphatic carbocycles. The molecule has 1 aromatic rings. The predicted octanol–water partition coefficient (Wildman–Crippen LogP) is 3.66. The molecule has 1 atom stereocenters. The summed E-state index contributed by atoms with van der Waals surface area (Å²) in [5.41, 5.74) is 0.196. The van der Waals surface area contributed by atoms with Gasteiger partial charge in [-0.3, -0.25) is 4.90 Å². The van der Waals surface area contributed by atoms with E-state index in [4.69, 9.17) is 0 Å². The predicted molar refractivity (Wildman–Crippen MR) is 80.2 cm³/mol. The molecular weight excluding hydrogens is 240 g/mol. The molecule has 102 valence electrons. The zero-order valence-corrected chi connectivity index (χ0v) is 12.7. The largest absolute Gasteiger partial charge is 0.308 e. The van der Waals surface area contributed by atoms with Crippen molar-refractivity contribution >= 4 is 11.3 Å². The van der Waals surface area contributed by atoms with Crippen LogP contribution in [-0.2, 0) is 0 Å². The van der Waals surface area contributed by atoms with E-state index < -0.39 is 0 Å². The maximum atomic E-state index is 3.69. The summed E-state index contributed by atoms with van der Waals surface area (Å²) in [5.74, 6) is 0. The maximum Gasteiger partial charge on any atom is 0.0596 e. The van der Waals surface area contributed by atoms with Crippen molar-refractivity contribution in [2.45, 2.75) is 51.6 Å². The summed E-state index contributed by atoms with van der Waals surface area (Å²) in [6.45, 7) is 10.5. The monoisotopic (exact) mass is 266 g/mol. The minimum Gasteiger partial charge on any atom is -0.308 e. The normalized spacial score (nSPS) is 19.9. The molecule has 1 aliphatic rings. The fraction of sp³-hybridized carbons (Fsp3) is 0.733. The van der Waals surface area contributed by atoms with Gasteiger partial charge in [-0.1, -0.05) is 19.4 Å². The third-order valence-electron chi connectivity index (χ3n) is 4.11. The highest BCUT2D eigenvalue weighted by atomic mass is 32.1. The van der Waals surface area contributed by atoms with Crippen molar-refractivity contribution in [3.63, 3.8) is 0 Å². The smallest absolute Gasteiger partial charge is 0.0596 e. The maximum absolute atomic E-state index is 3.69. The van der Waals surface area contributed by atoms with Crippen molar-refractivity contribution in [3.8, 4) is 0 Å². The SMILES string of the molecule is CCNC(c1cccs1)C(C)(C)N1CCCCC1. The Hall–Kier alpha value is -0.380. The molecule has 1 aliphatic heterocycles. The number of nitrogens with one attached hydrogen (secondary N) is 1. The van der Waals surface area contributed by atoms with Gasteiger partial charge in [0.25, 0.3) is 0 Å². The van der Waals surface area contributed by atoms with Gasteiger partial charge < -0.3 is 5.32 Å². The molecule has 18 heavy (non-hydrogen) atoms. The number of rotatable bonds is 5. The van der Waals surface area contributed by atoms with Crippen LogP contribution < -0.4 is 5.32 Å². The third kappa shape index (κ3) is 2.95. The van der Waals surface area contributed by atoms with Crippen LogP contribution in [0.3, 0.4) is 0 Å². The van der Waals surface area contributed by atoms with E-state index in [0.717, 1.165) is 6.54 Å². The molecule has 2 heterocycles. The second-order valence-electron chi connectivity index (χ2n) is 5.71. The van der Waals surface area contributed by atoms with Crippen LogP contribution in [-0.4, -0.2) is 30.1 Å². The minimum atomic E-state index is 0.196. The lowest BCUT2D eigenvalue weighted by Gasteiger charge is -2.46. The molecule has 1 fully saturated rings. The topological polar surface area (TPSA) is 15.3 Å². The molecule has 2 nitrogen and oxygen atoms in total. The molecule has 0 saturated carbocycles. The fourth-order valence-electron chi connectivity index (χ4n) is 3.01. The van der Waals surface area contributed by atoms with Crippen LogP contribution in [0.25, 0.3) is 0 Å². The molecular formula is C15H26N2S. The Balaban J connectivity index is 2.17. The Kier molecular flexibility index (Phi) is 4.82. The van der Waals surface area contributed by atoms with Crippen molar-refractivity contribution in [2.75, 3.05) is 19.6 Å². The first kappa shape index (κ1) is 14.0. The Labute approximate surface area is 115 Å². The summed E-state index contributed by atoms with van der Waals surface area (Å²) in [6.07, 6.45) is 4.11. The van der Waals surface area contributed by atoms with Crippen LogP contribution in [0.1, 0.15) is 51.0 Å². The van der Waals surface area contributed by atoms with Crippen LogP contribution in [0.5, 0.6) is 0 Å². The summed E-state index contributed by atoms with van der Waals surface area (Å²) in [7, 11) is 0. The van der Waals surface area contributed by atoms with Gasteiger partial charge in [0.15, 0.2) is 0 Å². The van der Waals surface area contributed by atoms with Crippen LogP contribution in [0, 0.1) is 0 Å². The standard InChI is InChI=1S/C15H26N2S/c1-4-16-14(13-9-8-12-18-13)15(2,3)17-10-6-5-7-11-17/h8-9,12,14,16H,4-7,10-11H2,1-3H3. The number of piperidine rings is 1. The van der Waals surface area contributed by atoms with Gasteiger partial charge in [-0.05, 0) is 57.8 Å². The Morgan fingerprint density at radius 3 is 2.61 bits per heavy atom. The van der Waals surface area contributed by atoms with Gasteiger partial charge in [0.05, 0.1) is 6.04 Å². The van der Waals surface area contributed by atoms with Gasteiger partial charge in [-0.25, -0.2) is 0 Å². The average Bonchev–Trinajstić information content (AvgIpc) is 2.90. The van der Waals surface area contributed by atoms with E-state index in [-0.39, 0.29) is 5.54 Å². The molecule has 0 bridgehead atoms. The van der Waals surface area contributed by atoms with Crippen molar-refractivity contribution < 1.29 is 0 Å². The molecule has 2 rings (SSSR count). The third-order valence-corrected chi connectivity index (χ3v) is 5.05. The summed E-state index contributed by atoms with van der Waals surface area (Å²) in [6, 6.07) is 4.88. The average molecular weight is 266 g/mol. The van der Waals surface area contributed by atoms with Gasteiger partial charge in [0.2, 0.25) is 0 Å². The van der Waals surface area contributed by atoms with E-state index in [2.05, 4.69) is 48.5 Å². The number of thiophene rings is 1. The zero-order chi connectivity index (χ0) is 13.0. The summed E-state index contributed by atoms with van der Waals surface area (Å²) in [4.78, 5) is 4.14. The molecule has 1 aromatic heterocycles. The first-order valence-corrected chi connectivity index (χ1v) is 8.06. The van der Waals surface area contributed by atoms with Gasteiger partial charge in [-0.2, -0.15) is 0 Å². The Bertz CT molecular complexity index is 339. The first-order valence-electron chi connectivity index (χ1n) is 7.18. The van der Waals surface area contributed by atoms with E-state index >= 15 is 0 Å². The van der Waals surface area contributed by atoms with Crippen LogP contribution >= 0.6 is 11.3 Å². The van der Waals surface area contributed by atoms with Crippen LogP contribution in [0.4, 0.5) is 0 Å². The van der Waals surface area contributed by atoms with Gasteiger partial charge >= 0.3 is 0 Å². The van der Waals surface area contributed by atoms with Gasteiger partial charge in [0.1, 0.15) is 0 Å². The Morgan fingerprint density at radius 1 is 1.33 bits per heavy atom. The summed E-state index contributed by atoms with van der Waals surface area (Å²) < 4.78 is 0. The highest BCUT2D eigenvalue weighted by Crippen LogP contribution is 2.35. The molecule has 3 heteroatoms. The second-order valence-corrected chi connectivity index (χ2v) is 6.69. The molecule has 1 unspecified atom stereocenters. The number of likely N-dealkylation sites (tertiary alicyclic amines) is 1. The lowest BCUT2D eigenvalue weighted by atomic mass is 9.89. The first-order chi connectivity index (χ1) is 8.66. The fourth-order valence-corrected chi connectivity index (χ4v) is 3.99. The van der Waals surface area contributed by atoms with Crippen LogP contribution in [0.15, 0.2) is 17.5 Å². The van der Waals surface area contributed by atoms with E-state index in [1.807, 2.05) is 11.3 Å². The van der Waals surface area contributed by atoms with E-state index in [1.54, 1.807) is 0 Å². The van der Waals surface area contributed by atoms with Crippen molar-refractivity contribution in [1.82, 2.24) is 10.2 Å². The lowest BCUT2D eigenvalue weighted by molar-refractivity contribution is 0.0624. The highest BCUT2D eigenvalue weighted by Gasteiger charge is 2.36. The number of likely N-dealkylation sites (N-methyl/N-ethyl adjacent to an activating group) is 1. The van der Waals surface area contributed by atoms with Crippen molar-refractivity contribution in [1.29, 1.82) is 0 Å². The lowest BCUT2D eigenvalue weighted by Crippen LogP contribution is -2.54. The summed E-state index contributed by atoms with van der Waals surface area (Å²) >= 11 is 1.87. The minimum absolute atomic E-state index is 0.196. The molecule has 0 aromatic carbocycles. The molecule has 0 amide bonds. The number of hydrogen-bond acceptors (Lipinski definition) is 3. The molecule has 1 saturated heterocycles. The van der Waals surface area contributed by atoms with Gasteiger partial charge in [0, 0.05) is 10.4 Å². The van der Waals surface area contributed by atoms with E-state index in [1.165, 1.54) is 37.2 Å². The summed E-state index contributed by atoms with van der Waals surface area (Å²) in [5, 5.41) is 5.88. The molecule has 1 N–H and O–H groups in total. The van der Waals surface area contributed by atoms with Crippen LogP contribution in [0.2, 0.25) is 0 Å². The Morgan fingerprint density at radius 2 is 2.06 bits per heavy atom. The molecule has 0 spiro atoms. The van der Waals surface area contributed by atoms with E-state index in [9.17, 15) is 0 Å². The van der Waals surface area contributed by atoms with E-state index in [0.29, 0.717) is 6.04 Å². The van der Waals surface area contributed by atoms with Crippen molar-refractivity contribution in [2.24, 2.45) is 0 Å².